The highest BCUT2D eigenvalue weighted by molar-refractivity contribution is 7.26. The first-order valence-corrected chi connectivity index (χ1v) is 25.1. The zero-order valence-corrected chi connectivity index (χ0v) is 38.8. The van der Waals surface area contributed by atoms with Gasteiger partial charge in [-0.2, -0.15) is 0 Å². The Labute approximate surface area is 406 Å². The summed E-state index contributed by atoms with van der Waals surface area (Å²) in [5.74, 6) is 1.79. The minimum atomic E-state index is 0.559. The summed E-state index contributed by atoms with van der Waals surface area (Å²) in [4.78, 5) is 16.2. The minimum absolute atomic E-state index is 0.559. The van der Waals surface area contributed by atoms with Gasteiger partial charge in [0, 0.05) is 84.1 Å². The van der Waals surface area contributed by atoms with Crippen molar-refractivity contribution in [1.29, 1.82) is 0 Å². The minimum Gasteiger partial charge on any atom is -0.455 e. The second-order valence-corrected chi connectivity index (χ2v) is 20.4. The van der Waals surface area contributed by atoms with Gasteiger partial charge in [0.25, 0.3) is 0 Å². The molecule has 0 bridgehead atoms. The normalized spacial score (nSPS) is 12.3. The van der Waals surface area contributed by atoms with E-state index in [1.54, 1.807) is 11.3 Å². The largest absolute Gasteiger partial charge is 0.455 e. The molecule has 0 unspecified atom stereocenters. The quantitative estimate of drug-likeness (QED) is 0.176. The van der Waals surface area contributed by atoms with E-state index in [9.17, 15) is 0 Å². The number of para-hydroxylation sites is 1. The van der Waals surface area contributed by atoms with Gasteiger partial charge in [0.15, 0.2) is 17.5 Å². The average Bonchev–Trinajstić information content (AvgIpc) is 4.19. The molecule has 0 radical (unpaired) electrons. The summed E-state index contributed by atoms with van der Waals surface area (Å²) in [6.07, 6.45) is 0. The van der Waals surface area contributed by atoms with Crippen LogP contribution < -0.4 is 0 Å². The highest BCUT2D eigenvalue weighted by Gasteiger charge is 2.24. The lowest BCUT2D eigenvalue weighted by Crippen LogP contribution is -2.01. The Hall–Kier alpha value is -8.75. The number of fused-ring (bicyclic) bond motifs is 17. The van der Waals surface area contributed by atoms with Crippen molar-refractivity contribution in [3.63, 3.8) is 0 Å². The molecule has 70 heavy (non-hydrogen) atoms. The molecule has 0 aliphatic rings. The van der Waals surface area contributed by atoms with E-state index in [0.717, 1.165) is 59.8 Å². The molecule has 5 nitrogen and oxygen atoms in total. The van der Waals surface area contributed by atoms with Crippen LogP contribution in [0.25, 0.3) is 156 Å². The van der Waals surface area contributed by atoms with Crippen LogP contribution in [-0.4, -0.2) is 19.5 Å². The first-order valence-electron chi connectivity index (χ1n) is 23.5. The lowest BCUT2D eigenvalue weighted by Gasteiger charge is -2.13. The van der Waals surface area contributed by atoms with Crippen molar-refractivity contribution < 1.29 is 4.42 Å². The molecule has 0 aliphatic carbocycles. The van der Waals surface area contributed by atoms with E-state index in [1.807, 2.05) is 17.4 Å². The second-order valence-electron chi connectivity index (χ2n) is 18.3. The van der Waals surface area contributed by atoms with Crippen LogP contribution in [0.3, 0.4) is 0 Å². The fraction of sp³-hybridized carbons (Fsp3) is 0. The summed E-state index contributed by atoms with van der Waals surface area (Å²) in [7, 11) is 0. The molecule has 0 N–H and O–H groups in total. The van der Waals surface area contributed by atoms with Gasteiger partial charge in [-0.1, -0.05) is 133 Å². The van der Waals surface area contributed by atoms with Crippen molar-refractivity contribution in [2.75, 3.05) is 0 Å². The zero-order valence-electron chi connectivity index (χ0n) is 37.1. The van der Waals surface area contributed by atoms with Crippen LogP contribution in [0.1, 0.15) is 0 Å². The van der Waals surface area contributed by atoms with Gasteiger partial charge in [0.1, 0.15) is 11.2 Å². The van der Waals surface area contributed by atoms with Gasteiger partial charge in [0.2, 0.25) is 0 Å². The van der Waals surface area contributed by atoms with Crippen LogP contribution in [0.5, 0.6) is 0 Å². The number of thiophene rings is 2. The number of aromatic nitrogens is 4. The van der Waals surface area contributed by atoms with E-state index in [-0.39, 0.29) is 0 Å². The highest BCUT2D eigenvalue weighted by Crippen LogP contribution is 2.45. The Morgan fingerprint density at radius 3 is 1.89 bits per heavy atom. The van der Waals surface area contributed by atoms with Gasteiger partial charge in [-0.15, -0.1) is 22.7 Å². The fourth-order valence-electron chi connectivity index (χ4n) is 11.2. The molecule has 0 saturated carbocycles. The maximum absolute atomic E-state index is 7.02. The van der Waals surface area contributed by atoms with Crippen molar-refractivity contribution in [2.24, 2.45) is 0 Å². The van der Waals surface area contributed by atoms with Crippen molar-refractivity contribution in [1.82, 2.24) is 19.5 Å². The van der Waals surface area contributed by atoms with Gasteiger partial charge in [0.05, 0.1) is 16.6 Å². The smallest absolute Gasteiger partial charge is 0.167 e. The summed E-state index contributed by atoms with van der Waals surface area (Å²) >= 11 is 3.59. The van der Waals surface area contributed by atoms with Crippen LogP contribution in [0.4, 0.5) is 0 Å². The summed E-state index contributed by atoms with van der Waals surface area (Å²) < 4.78 is 14.4. The molecule has 16 aromatic rings. The first kappa shape index (κ1) is 38.2. The van der Waals surface area contributed by atoms with Gasteiger partial charge in [-0.05, 0) is 99.7 Å². The molecule has 0 amide bonds. The van der Waals surface area contributed by atoms with E-state index in [4.69, 9.17) is 19.4 Å². The van der Waals surface area contributed by atoms with Gasteiger partial charge in [-0.25, -0.2) is 15.0 Å². The Bertz CT molecular complexity index is 4920. The van der Waals surface area contributed by atoms with E-state index in [2.05, 4.69) is 205 Å². The van der Waals surface area contributed by atoms with Gasteiger partial charge < -0.3 is 8.98 Å². The van der Waals surface area contributed by atoms with E-state index in [1.165, 1.54) is 79.0 Å². The fourth-order valence-corrected chi connectivity index (χ4v) is 13.5. The number of nitrogens with zero attached hydrogens (tertiary/aromatic N) is 4. The maximum Gasteiger partial charge on any atom is 0.167 e. The van der Waals surface area contributed by atoms with E-state index in [0.29, 0.717) is 17.5 Å². The van der Waals surface area contributed by atoms with Gasteiger partial charge >= 0.3 is 0 Å². The molecule has 0 aliphatic heterocycles. The summed E-state index contributed by atoms with van der Waals surface area (Å²) in [5, 5.41) is 16.4. The molecule has 16 rings (SSSR count). The number of hydrogen-bond acceptors (Lipinski definition) is 6. The highest BCUT2D eigenvalue weighted by atomic mass is 32.1. The Morgan fingerprint density at radius 1 is 0.371 bits per heavy atom. The lowest BCUT2D eigenvalue weighted by molar-refractivity contribution is 0.670. The Morgan fingerprint density at radius 2 is 1.03 bits per heavy atom. The molecular weight excluding hydrogens is 893 g/mol. The zero-order chi connectivity index (χ0) is 45.6. The average molecular weight is 927 g/mol. The molecule has 5 heterocycles. The second kappa shape index (κ2) is 14.4. The third kappa shape index (κ3) is 5.50. The number of benzene rings is 11. The first-order chi connectivity index (χ1) is 34.7. The van der Waals surface area contributed by atoms with Crippen LogP contribution in [0.15, 0.2) is 211 Å². The molecular formula is C63H34N4OS2. The van der Waals surface area contributed by atoms with E-state index < -0.39 is 0 Å². The van der Waals surface area contributed by atoms with Crippen molar-refractivity contribution >= 4 is 139 Å². The SMILES string of the molecule is c1ccc2cc3c(cc2c1)c1ccc2ccccc2c1n3-c1ccc2cc(-c3nc(-c4ccc5sc6ccccc6c5c4)nc(-c4cccc5c4sc4ccccc45)n3)c3oc4ccccc4c3c2c1. The molecule has 0 atom stereocenters. The third-order valence-electron chi connectivity index (χ3n) is 14.4. The Kier molecular flexibility index (Phi) is 7.86. The monoisotopic (exact) mass is 926 g/mol. The predicted octanol–water partition coefficient (Wildman–Crippen LogP) is 18.1. The Balaban J connectivity index is 0.975. The van der Waals surface area contributed by atoms with Crippen molar-refractivity contribution in [3.8, 4) is 39.9 Å². The van der Waals surface area contributed by atoms with Crippen LogP contribution in [0, 0.1) is 0 Å². The maximum atomic E-state index is 7.02. The number of rotatable bonds is 4. The molecule has 5 aromatic heterocycles. The van der Waals surface area contributed by atoms with Crippen molar-refractivity contribution in [2.45, 2.75) is 0 Å². The number of hydrogen-bond donors (Lipinski definition) is 0. The standard InChI is InChI=1S/C63H34N4OS2/c1-2-14-37-33-52-49(30-36(37)13-1)44-28-25-35-12-3-4-15-41(35)58(44)67(52)40-27-24-38-31-51(59-57(48(38)34-40)46-18-5-8-21-53(46)68-59)63-65-61(39-26-29-56-50(32-39)43-17-7-9-22-54(43)69-56)64-62(66-63)47-20-11-19-45-42-16-6-10-23-55(42)70-60(45)47/h1-34H. The van der Waals surface area contributed by atoms with E-state index >= 15 is 0 Å². The molecule has 0 spiro atoms. The summed E-state index contributed by atoms with van der Waals surface area (Å²) in [6, 6.07) is 74.4. The molecule has 11 aromatic carbocycles. The van der Waals surface area contributed by atoms with Crippen LogP contribution in [0.2, 0.25) is 0 Å². The van der Waals surface area contributed by atoms with Gasteiger partial charge in [-0.3, -0.25) is 0 Å². The van der Waals surface area contributed by atoms with Crippen molar-refractivity contribution in [3.05, 3.63) is 206 Å². The summed E-state index contributed by atoms with van der Waals surface area (Å²) in [6.45, 7) is 0. The molecule has 0 fully saturated rings. The molecule has 7 heteroatoms. The number of furan rings is 1. The predicted molar refractivity (Wildman–Crippen MR) is 296 cm³/mol. The summed E-state index contributed by atoms with van der Waals surface area (Å²) in [5.41, 5.74) is 7.72. The lowest BCUT2D eigenvalue weighted by atomic mass is 9.99. The molecule has 0 saturated heterocycles. The topological polar surface area (TPSA) is 56.7 Å². The van der Waals surface area contributed by atoms with Crippen LogP contribution >= 0.6 is 22.7 Å². The van der Waals surface area contributed by atoms with Crippen LogP contribution in [-0.2, 0) is 0 Å². The third-order valence-corrected chi connectivity index (χ3v) is 16.8. The molecule has 324 valence electrons.